The number of carbonyl (C=O) groups excluding carboxylic acids is 1. The molecule has 1 unspecified atom stereocenters. The van der Waals surface area contributed by atoms with Crippen LogP contribution in [-0.4, -0.2) is 17.2 Å². The predicted molar refractivity (Wildman–Crippen MR) is 119 cm³/mol. The number of aliphatic imine (C=N–C) groups is 1. The van der Waals surface area contributed by atoms with Gasteiger partial charge in [-0.25, -0.2) is 4.99 Å². The van der Waals surface area contributed by atoms with Crippen LogP contribution in [0.2, 0.25) is 15.1 Å². The average molecular weight is 456 g/mol. The van der Waals surface area contributed by atoms with Crippen molar-refractivity contribution in [2.75, 3.05) is 0 Å². The van der Waals surface area contributed by atoms with Gasteiger partial charge in [-0.3, -0.25) is 4.79 Å². The van der Waals surface area contributed by atoms with Crippen molar-refractivity contribution in [3.8, 4) is 5.75 Å². The Morgan fingerprint density at radius 1 is 1.21 bits per heavy atom. The summed E-state index contributed by atoms with van der Waals surface area (Å²) in [4.78, 5) is 17.2. The number of carbonyl (C=O) groups is 1. The molecule has 0 aromatic heterocycles. The molecule has 0 bridgehead atoms. The minimum atomic E-state index is -0.238. The third-order valence-electron chi connectivity index (χ3n) is 3.96. The molecule has 0 aliphatic carbocycles. The van der Waals surface area contributed by atoms with Crippen LogP contribution >= 0.6 is 46.6 Å². The van der Waals surface area contributed by atoms with Crippen molar-refractivity contribution in [3.63, 3.8) is 0 Å². The molecule has 1 atom stereocenters. The minimum Gasteiger partial charge on any atom is -0.489 e. The second kappa shape index (κ2) is 9.23. The molecule has 2 aromatic rings. The number of ether oxygens (including phenoxy) is 1. The zero-order valence-corrected chi connectivity index (χ0v) is 18.2. The Balaban J connectivity index is 1.80. The van der Waals surface area contributed by atoms with E-state index in [0.29, 0.717) is 36.6 Å². The van der Waals surface area contributed by atoms with Crippen LogP contribution in [0.15, 0.2) is 46.3 Å². The molecule has 1 saturated heterocycles. The van der Waals surface area contributed by atoms with Crippen LogP contribution in [0.5, 0.6) is 5.75 Å². The summed E-state index contributed by atoms with van der Waals surface area (Å²) >= 11 is 19.7. The third kappa shape index (κ3) is 5.03. The normalized spacial score (nSPS) is 17.8. The van der Waals surface area contributed by atoms with Crippen molar-refractivity contribution in [2.45, 2.75) is 26.4 Å². The highest BCUT2D eigenvalue weighted by atomic mass is 35.5. The molecular weight excluding hydrogens is 439 g/mol. The second-order valence-electron chi connectivity index (χ2n) is 6.08. The Morgan fingerprint density at radius 3 is 2.71 bits per heavy atom. The van der Waals surface area contributed by atoms with Crippen LogP contribution in [0.4, 0.5) is 5.69 Å². The van der Waals surface area contributed by atoms with Gasteiger partial charge in [0.15, 0.2) is 5.17 Å². The molecule has 2 aromatic carbocycles. The molecule has 0 spiro atoms. The summed E-state index contributed by atoms with van der Waals surface area (Å²) in [5, 5.41) is 4.40. The zero-order valence-electron chi connectivity index (χ0n) is 15.1. The first kappa shape index (κ1) is 21.1. The summed E-state index contributed by atoms with van der Waals surface area (Å²) < 4.78 is 5.77. The Kier molecular flexibility index (Phi) is 6.94. The molecule has 146 valence electrons. The van der Waals surface area contributed by atoms with Crippen LogP contribution in [0.25, 0.3) is 6.08 Å². The summed E-state index contributed by atoms with van der Waals surface area (Å²) in [5.74, 6) is 0.387. The second-order valence-corrected chi connectivity index (χ2v) is 8.30. The van der Waals surface area contributed by atoms with Crippen molar-refractivity contribution in [1.82, 2.24) is 5.32 Å². The topological polar surface area (TPSA) is 50.7 Å². The summed E-state index contributed by atoms with van der Waals surface area (Å²) in [7, 11) is 0. The van der Waals surface area contributed by atoms with Crippen molar-refractivity contribution >= 4 is 69.4 Å². The molecule has 0 saturated carbocycles. The molecule has 1 heterocycles. The summed E-state index contributed by atoms with van der Waals surface area (Å²) in [5.41, 5.74) is 1.29. The van der Waals surface area contributed by atoms with E-state index in [-0.39, 0.29) is 12.0 Å². The fourth-order valence-corrected chi connectivity index (χ4v) is 3.73. The monoisotopic (exact) mass is 454 g/mol. The van der Waals surface area contributed by atoms with Gasteiger partial charge in [0, 0.05) is 0 Å². The molecule has 1 amide bonds. The van der Waals surface area contributed by atoms with E-state index in [4.69, 9.17) is 39.5 Å². The fraction of sp³-hybridized carbons (Fsp3) is 0.200. The Labute approximate surface area is 182 Å². The van der Waals surface area contributed by atoms with E-state index in [1.807, 2.05) is 19.9 Å². The quantitative estimate of drug-likeness (QED) is 0.509. The minimum absolute atomic E-state index is 0.0787. The third-order valence-corrected chi connectivity index (χ3v) is 5.98. The number of amidine groups is 1. The van der Waals surface area contributed by atoms with Gasteiger partial charge < -0.3 is 10.1 Å². The predicted octanol–water partition coefficient (Wildman–Crippen LogP) is 6.72. The largest absolute Gasteiger partial charge is 0.489 e. The fourth-order valence-electron chi connectivity index (χ4n) is 2.32. The van der Waals surface area contributed by atoms with Crippen LogP contribution in [-0.2, 0) is 4.79 Å². The van der Waals surface area contributed by atoms with E-state index in [9.17, 15) is 4.79 Å². The standard InChI is InChI=1S/C20H17Cl3N2O2S/c1-3-11(2)27-16-8-7-12(9-14(16)22)10-17-19(26)25-20(28-17)24-15-6-4-5-13(21)18(15)23/h4-11H,3H2,1-2H3,(H,24,25,26)/b17-10+. The van der Waals surface area contributed by atoms with Crippen LogP contribution in [0.1, 0.15) is 25.8 Å². The van der Waals surface area contributed by atoms with E-state index >= 15 is 0 Å². The lowest BCUT2D eigenvalue weighted by molar-refractivity contribution is -0.115. The van der Waals surface area contributed by atoms with Crippen molar-refractivity contribution in [2.24, 2.45) is 4.99 Å². The Hall–Kier alpha value is -1.66. The lowest BCUT2D eigenvalue weighted by atomic mass is 10.2. The average Bonchev–Trinajstić information content (AvgIpc) is 3.00. The highest BCUT2D eigenvalue weighted by Gasteiger charge is 2.24. The van der Waals surface area contributed by atoms with Gasteiger partial charge >= 0.3 is 0 Å². The highest BCUT2D eigenvalue weighted by Crippen LogP contribution is 2.35. The van der Waals surface area contributed by atoms with Gasteiger partial charge in [-0.2, -0.15) is 0 Å². The van der Waals surface area contributed by atoms with E-state index < -0.39 is 0 Å². The summed E-state index contributed by atoms with van der Waals surface area (Å²) in [6.07, 6.45) is 2.72. The SMILES string of the molecule is CCC(C)Oc1ccc(/C=C2/SC(=Nc3cccc(Cl)c3Cl)NC2=O)cc1Cl. The van der Waals surface area contributed by atoms with E-state index in [1.54, 1.807) is 36.4 Å². The van der Waals surface area contributed by atoms with Gasteiger partial charge in [0.05, 0.1) is 31.8 Å². The molecule has 1 aliphatic heterocycles. The van der Waals surface area contributed by atoms with Gasteiger partial charge in [-0.05, 0) is 61.0 Å². The lowest BCUT2D eigenvalue weighted by Gasteiger charge is -2.14. The number of thioether (sulfide) groups is 1. The van der Waals surface area contributed by atoms with E-state index in [2.05, 4.69) is 10.3 Å². The summed E-state index contributed by atoms with van der Waals surface area (Å²) in [6.45, 7) is 4.03. The number of nitrogens with zero attached hydrogens (tertiary/aromatic N) is 1. The molecule has 1 fully saturated rings. The van der Waals surface area contributed by atoms with Gasteiger partial charge in [-0.1, -0.05) is 53.9 Å². The maximum absolute atomic E-state index is 12.3. The first-order chi connectivity index (χ1) is 13.4. The molecular formula is C20H17Cl3N2O2S. The van der Waals surface area contributed by atoms with Crippen molar-refractivity contribution in [3.05, 3.63) is 61.9 Å². The number of benzene rings is 2. The van der Waals surface area contributed by atoms with Gasteiger partial charge in [-0.15, -0.1) is 0 Å². The molecule has 3 rings (SSSR count). The van der Waals surface area contributed by atoms with Crippen molar-refractivity contribution < 1.29 is 9.53 Å². The molecule has 1 N–H and O–H groups in total. The highest BCUT2D eigenvalue weighted by molar-refractivity contribution is 8.18. The van der Waals surface area contributed by atoms with E-state index in [0.717, 1.165) is 12.0 Å². The number of hydrogen-bond donors (Lipinski definition) is 1. The van der Waals surface area contributed by atoms with E-state index in [1.165, 1.54) is 11.8 Å². The van der Waals surface area contributed by atoms with Gasteiger partial charge in [0.25, 0.3) is 5.91 Å². The molecule has 4 nitrogen and oxygen atoms in total. The number of halogens is 3. The molecule has 8 heteroatoms. The number of amides is 1. The Morgan fingerprint density at radius 2 is 2.00 bits per heavy atom. The lowest BCUT2D eigenvalue weighted by Crippen LogP contribution is -2.19. The smallest absolute Gasteiger partial charge is 0.264 e. The number of nitrogens with one attached hydrogen (secondary N) is 1. The van der Waals surface area contributed by atoms with Gasteiger partial charge in [0.2, 0.25) is 0 Å². The number of rotatable bonds is 5. The first-order valence-electron chi connectivity index (χ1n) is 8.57. The summed E-state index contributed by atoms with van der Waals surface area (Å²) in [6, 6.07) is 10.6. The number of hydrogen-bond acceptors (Lipinski definition) is 4. The molecule has 0 radical (unpaired) electrons. The molecule has 1 aliphatic rings. The maximum Gasteiger partial charge on any atom is 0.264 e. The molecule has 28 heavy (non-hydrogen) atoms. The van der Waals surface area contributed by atoms with Crippen LogP contribution < -0.4 is 10.1 Å². The first-order valence-corrected chi connectivity index (χ1v) is 10.5. The van der Waals surface area contributed by atoms with Crippen LogP contribution in [0, 0.1) is 0 Å². The zero-order chi connectivity index (χ0) is 20.3. The van der Waals surface area contributed by atoms with Crippen molar-refractivity contribution in [1.29, 1.82) is 0 Å². The maximum atomic E-state index is 12.3. The Bertz CT molecular complexity index is 976. The van der Waals surface area contributed by atoms with Gasteiger partial charge in [0.1, 0.15) is 5.75 Å². The van der Waals surface area contributed by atoms with Crippen LogP contribution in [0.3, 0.4) is 0 Å².